The third-order valence-electron chi connectivity index (χ3n) is 4.10. The Hall–Kier alpha value is -2.29. The van der Waals surface area contributed by atoms with Crippen LogP contribution in [-0.4, -0.2) is 24.0 Å². The third-order valence-corrected chi connectivity index (χ3v) is 4.10. The average molecular weight is 310 g/mol. The van der Waals surface area contributed by atoms with Crippen LogP contribution in [0.4, 0.5) is 11.4 Å². The molecule has 2 aromatic carbocycles. The number of rotatable bonds is 6. The lowest BCUT2D eigenvalue weighted by atomic mass is 10.0. The van der Waals surface area contributed by atoms with E-state index in [2.05, 4.69) is 44.7 Å². The van der Waals surface area contributed by atoms with E-state index in [-0.39, 0.29) is 0 Å². The molecule has 0 N–H and O–H groups in total. The van der Waals surface area contributed by atoms with Gasteiger partial charge in [0.1, 0.15) is 0 Å². The fraction of sp³-hybridized carbons (Fsp3) is 0.350. The van der Waals surface area contributed by atoms with Crippen molar-refractivity contribution < 1.29 is 4.74 Å². The normalized spacial score (nSPS) is 11.8. The lowest BCUT2D eigenvalue weighted by Gasteiger charge is -2.20. The quantitative estimate of drug-likeness (QED) is 0.328. The molecule has 0 spiro atoms. The van der Waals surface area contributed by atoms with Crippen molar-refractivity contribution >= 4 is 17.6 Å². The van der Waals surface area contributed by atoms with E-state index in [0.29, 0.717) is 11.6 Å². The number of hydrogen-bond acceptors (Lipinski definition) is 2. The molecule has 0 aliphatic rings. The highest BCUT2D eigenvalue weighted by atomic mass is 16.5. The van der Waals surface area contributed by atoms with Gasteiger partial charge < -0.3 is 10.1 Å². The highest BCUT2D eigenvalue weighted by molar-refractivity contribution is 5.77. The van der Waals surface area contributed by atoms with Gasteiger partial charge in [0.15, 0.2) is 6.21 Å². The molecule has 23 heavy (non-hydrogen) atoms. The molecule has 0 unspecified atom stereocenters. The van der Waals surface area contributed by atoms with Crippen molar-refractivity contribution in [3.63, 3.8) is 0 Å². The summed E-state index contributed by atoms with van der Waals surface area (Å²) < 4.78 is 0.927. The summed E-state index contributed by atoms with van der Waals surface area (Å²) in [7, 11) is 0. The third kappa shape index (κ3) is 4.35. The molecular formula is C20H26N2O. The average Bonchev–Trinajstić information content (AvgIpc) is 2.57. The van der Waals surface area contributed by atoms with Crippen LogP contribution in [0.2, 0.25) is 0 Å². The van der Waals surface area contributed by atoms with Crippen LogP contribution in [0, 0.1) is 5.21 Å². The molecule has 0 aliphatic heterocycles. The molecule has 0 amide bonds. The van der Waals surface area contributed by atoms with Crippen LogP contribution in [0.3, 0.4) is 0 Å². The maximum Gasteiger partial charge on any atom is 0.216 e. The zero-order valence-electron chi connectivity index (χ0n) is 14.5. The second-order valence-electron chi connectivity index (χ2n) is 5.96. The Bertz CT molecular complexity index is 638. The van der Waals surface area contributed by atoms with Gasteiger partial charge in [-0.3, -0.25) is 0 Å². The first-order valence-corrected chi connectivity index (χ1v) is 8.31. The number of hydrogen-bond donors (Lipinski definition) is 0. The Morgan fingerprint density at radius 3 is 2.00 bits per heavy atom. The van der Waals surface area contributed by atoms with Gasteiger partial charge in [-0.1, -0.05) is 26.0 Å². The van der Waals surface area contributed by atoms with E-state index < -0.39 is 0 Å². The maximum absolute atomic E-state index is 12.3. The van der Waals surface area contributed by atoms with Crippen LogP contribution in [0.5, 0.6) is 0 Å². The molecule has 2 rings (SSSR count). The molecule has 0 radical (unpaired) electrons. The van der Waals surface area contributed by atoms with E-state index >= 15 is 0 Å². The number of anilines is 1. The van der Waals surface area contributed by atoms with Crippen LogP contribution in [-0.2, 0) is 0 Å². The number of nitrogens with zero attached hydrogens (tertiary/aromatic N) is 2. The standard InChI is InChI=1S/C20H26N2O/c1-5-21(6-2)19-11-7-17(8-12-19)15-22(23)20-13-9-18(10-14-20)16(3)4/h7-16H,5-6H2,1-4H3. The summed E-state index contributed by atoms with van der Waals surface area (Å²) in [4.78, 5) is 2.28. The molecule has 0 saturated heterocycles. The minimum absolute atomic E-state index is 0.473. The molecule has 0 aliphatic carbocycles. The monoisotopic (exact) mass is 310 g/mol. The molecule has 0 fully saturated rings. The van der Waals surface area contributed by atoms with Gasteiger partial charge in [-0.25, -0.2) is 0 Å². The predicted molar refractivity (Wildman–Crippen MR) is 99.0 cm³/mol. The fourth-order valence-corrected chi connectivity index (χ4v) is 2.58. The molecule has 2 aromatic rings. The molecule has 0 aromatic heterocycles. The van der Waals surface area contributed by atoms with E-state index in [1.54, 1.807) is 6.21 Å². The Morgan fingerprint density at radius 2 is 1.52 bits per heavy atom. The zero-order valence-corrected chi connectivity index (χ0v) is 14.5. The minimum atomic E-state index is 0.473. The molecule has 122 valence electrons. The Labute approximate surface area is 139 Å². The van der Waals surface area contributed by atoms with Crippen molar-refractivity contribution in [3.05, 3.63) is 64.9 Å². The van der Waals surface area contributed by atoms with Crippen LogP contribution in [0.15, 0.2) is 48.5 Å². The first-order valence-electron chi connectivity index (χ1n) is 8.31. The summed E-state index contributed by atoms with van der Waals surface area (Å²) in [6.07, 6.45) is 1.62. The molecule has 0 saturated carbocycles. The molecule has 3 nitrogen and oxygen atoms in total. The first kappa shape index (κ1) is 17.1. The smallest absolute Gasteiger partial charge is 0.216 e. The Morgan fingerprint density at radius 1 is 0.957 bits per heavy atom. The van der Waals surface area contributed by atoms with Crippen molar-refractivity contribution in [2.45, 2.75) is 33.6 Å². The van der Waals surface area contributed by atoms with Crippen molar-refractivity contribution in [1.29, 1.82) is 0 Å². The summed E-state index contributed by atoms with van der Waals surface area (Å²) in [6, 6.07) is 15.9. The highest BCUT2D eigenvalue weighted by Gasteiger charge is 2.05. The van der Waals surface area contributed by atoms with Gasteiger partial charge in [-0.15, -0.1) is 0 Å². The maximum atomic E-state index is 12.3. The van der Waals surface area contributed by atoms with Gasteiger partial charge in [-0.2, -0.15) is 4.74 Å². The van der Waals surface area contributed by atoms with Gasteiger partial charge in [0.25, 0.3) is 0 Å². The topological polar surface area (TPSA) is 29.3 Å². The Balaban J connectivity index is 2.17. The molecule has 0 heterocycles. The van der Waals surface area contributed by atoms with E-state index in [9.17, 15) is 5.21 Å². The fourth-order valence-electron chi connectivity index (χ4n) is 2.58. The first-order chi connectivity index (χ1) is 11.0. The van der Waals surface area contributed by atoms with Crippen molar-refractivity contribution in [2.24, 2.45) is 0 Å². The lowest BCUT2D eigenvalue weighted by Crippen LogP contribution is -2.21. The molecular weight excluding hydrogens is 284 g/mol. The summed E-state index contributed by atoms with van der Waals surface area (Å²) in [5, 5.41) is 12.3. The van der Waals surface area contributed by atoms with Crippen LogP contribution < -0.4 is 4.90 Å². The van der Waals surface area contributed by atoms with Crippen molar-refractivity contribution in [2.75, 3.05) is 18.0 Å². The molecule has 0 bridgehead atoms. The second kappa shape index (κ2) is 7.82. The lowest BCUT2D eigenvalue weighted by molar-refractivity contribution is -0.354. The SMILES string of the molecule is CCN(CC)c1ccc(C=[N+]([O-])c2ccc(C(C)C)cc2)cc1. The largest absolute Gasteiger partial charge is 0.618 e. The van der Waals surface area contributed by atoms with Gasteiger partial charge >= 0.3 is 0 Å². The molecule has 0 atom stereocenters. The second-order valence-corrected chi connectivity index (χ2v) is 5.96. The summed E-state index contributed by atoms with van der Waals surface area (Å²) >= 11 is 0. The van der Waals surface area contributed by atoms with Crippen LogP contribution >= 0.6 is 0 Å². The van der Waals surface area contributed by atoms with Crippen LogP contribution in [0.1, 0.15) is 44.7 Å². The summed E-state index contributed by atoms with van der Waals surface area (Å²) in [6.45, 7) is 10.5. The van der Waals surface area contributed by atoms with Gasteiger partial charge in [0.05, 0.1) is 0 Å². The zero-order chi connectivity index (χ0) is 16.8. The van der Waals surface area contributed by atoms with E-state index in [1.807, 2.05) is 36.4 Å². The van der Waals surface area contributed by atoms with Gasteiger partial charge in [0, 0.05) is 36.5 Å². The number of benzene rings is 2. The summed E-state index contributed by atoms with van der Waals surface area (Å²) in [5.41, 5.74) is 3.99. The van der Waals surface area contributed by atoms with Crippen molar-refractivity contribution in [3.8, 4) is 0 Å². The minimum Gasteiger partial charge on any atom is -0.618 e. The van der Waals surface area contributed by atoms with E-state index in [1.165, 1.54) is 11.3 Å². The van der Waals surface area contributed by atoms with Gasteiger partial charge in [-0.05, 0) is 49.6 Å². The van der Waals surface area contributed by atoms with E-state index in [4.69, 9.17) is 0 Å². The highest BCUT2D eigenvalue weighted by Crippen LogP contribution is 2.19. The molecule has 3 heteroatoms. The van der Waals surface area contributed by atoms with Crippen molar-refractivity contribution in [1.82, 2.24) is 0 Å². The Kier molecular flexibility index (Phi) is 5.80. The van der Waals surface area contributed by atoms with Gasteiger partial charge in [0.2, 0.25) is 5.69 Å². The van der Waals surface area contributed by atoms with Crippen LogP contribution in [0.25, 0.3) is 0 Å². The summed E-state index contributed by atoms with van der Waals surface area (Å²) in [5.74, 6) is 0.473. The predicted octanol–water partition coefficient (Wildman–Crippen LogP) is 4.92. The van der Waals surface area contributed by atoms with E-state index in [0.717, 1.165) is 23.4 Å².